The molecule has 1 nitrogen and oxygen atoms in total. The molecule has 2 aliphatic rings. The lowest BCUT2D eigenvalue weighted by Gasteiger charge is -2.32. The van der Waals surface area contributed by atoms with Crippen LogP contribution in [0.2, 0.25) is 0 Å². The maximum Gasteiger partial charge on any atom is 0.0546 e. The Kier molecular flexibility index (Phi) is 8.07. The highest BCUT2D eigenvalue weighted by atomic mass is 15.1. The first-order valence-electron chi connectivity index (χ1n) is 23.0. The molecule has 308 valence electrons. The third kappa shape index (κ3) is 5.45. The van der Waals surface area contributed by atoms with Gasteiger partial charge >= 0.3 is 0 Å². The van der Waals surface area contributed by atoms with E-state index in [-0.39, 0.29) is 10.8 Å². The predicted molar refractivity (Wildman–Crippen MR) is 277 cm³/mol. The van der Waals surface area contributed by atoms with Crippen molar-refractivity contribution in [3.63, 3.8) is 0 Å². The van der Waals surface area contributed by atoms with Gasteiger partial charge in [0.2, 0.25) is 0 Å². The molecule has 0 amide bonds. The van der Waals surface area contributed by atoms with Crippen molar-refractivity contribution in [2.45, 2.75) is 38.5 Å². The smallest absolute Gasteiger partial charge is 0.0546 e. The predicted octanol–water partition coefficient (Wildman–Crippen LogP) is 17.7. The highest BCUT2D eigenvalue weighted by Crippen LogP contribution is 2.55. The Morgan fingerprint density at radius 1 is 0.308 bits per heavy atom. The van der Waals surface area contributed by atoms with Crippen molar-refractivity contribution in [2.75, 3.05) is 4.90 Å². The van der Waals surface area contributed by atoms with Gasteiger partial charge in [-0.3, -0.25) is 0 Å². The molecule has 0 aliphatic heterocycles. The van der Waals surface area contributed by atoms with Gasteiger partial charge in [0.15, 0.2) is 0 Å². The fourth-order valence-electron chi connectivity index (χ4n) is 11.8. The first-order chi connectivity index (χ1) is 31.8. The highest BCUT2D eigenvalue weighted by Gasteiger charge is 2.38. The van der Waals surface area contributed by atoms with Crippen LogP contribution in [0.4, 0.5) is 17.1 Å². The van der Waals surface area contributed by atoms with E-state index < -0.39 is 0 Å². The molecule has 2 aliphatic carbocycles. The van der Waals surface area contributed by atoms with Gasteiger partial charge in [-0.15, -0.1) is 0 Å². The van der Waals surface area contributed by atoms with Crippen molar-refractivity contribution in [3.05, 3.63) is 235 Å². The zero-order chi connectivity index (χ0) is 43.6. The molecule has 0 spiro atoms. The van der Waals surface area contributed by atoms with Gasteiger partial charge in [-0.1, -0.05) is 210 Å². The minimum Gasteiger partial charge on any atom is -0.310 e. The minimum absolute atomic E-state index is 0.159. The van der Waals surface area contributed by atoms with Crippen molar-refractivity contribution in [1.29, 1.82) is 0 Å². The molecule has 0 fully saturated rings. The Balaban J connectivity index is 1.12. The lowest BCUT2D eigenvalue weighted by atomic mass is 9.82. The van der Waals surface area contributed by atoms with Crippen molar-refractivity contribution in [3.8, 4) is 44.5 Å². The highest BCUT2D eigenvalue weighted by molar-refractivity contribution is 6.30. The molecule has 0 unspecified atom stereocenters. The van der Waals surface area contributed by atoms with E-state index in [1.165, 1.54) is 110 Å². The van der Waals surface area contributed by atoms with E-state index in [9.17, 15) is 0 Å². The molecule has 0 bridgehead atoms. The van der Waals surface area contributed by atoms with Crippen LogP contribution in [0.5, 0.6) is 0 Å². The number of nitrogens with zero attached hydrogens (tertiary/aromatic N) is 1. The molecule has 0 saturated heterocycles. The Hall–Kier alpha value is -7.74. The van der Waals surface area contributed by atoms with Gasteiger partial charge in [-0.05, 0) is 129 Å². The third-order valence-corrected chi connectivity index (χ3v) is 15.1. The quantitative estimate of drug-likeness (QED) is 0.156. The first kappa shape index (κ1) is 37.8. The van der Waals surface area contributed by atoms with Crippen LogP contribution in [0.15, 0.2) is 212 Å². The van der Waals surface area contributed by atoms with Crippen LogP contribution in [-0.4, -0.2) is 0 Å². The molecule has 0 saturated carbocycles. The molecule has 0 aromatic heterocycles. The molecule has 11 aromatic carbocycles. The summed E-state index contributed by atoms with van der Waals surface area (Å²) in [5, 5.41) is 10.1. The van der Waals surface area contributed by atoms with Crippen molar-refractivity contribution in [2.24, 2.45) is 0 Å². The minimum atomic E-state index is -0.159. The van der Waals surface area contributed by atoms with E-state index in [1.807, 2.05) is 0 Å². The average Bonchev–Trinajstić information content (AvgIpc) is 3.72. The fraction of sp³-hybridized carbons (Fsp3) is 0.0938. The Labute approximate surface area is 380 Å². The van der Waals surface area contributed by atoms with Gasteiger partial charge in [0.1, 0.15) is 0 Å². The van der Waals surface area contributed by atoms with Crippen molar-refractivity contribution in [1.82, 2.24) is 0 Å². The number of benzene rings is 11. The normalized spacial score (nSPS) is 14.1. The summed E-state index contributed by atoms with van der Waals surface area (Å²) in [4.78, 5) is 2.57. The summed E-state index contributed by atoms with van der Waals surface area (Å²) >= 11 is 0. The molecule has 13 rings (SSSR count). The molecular formula is C64H47N. The average molecular weight is 830 g/mol. The number of anilines is 3. The second kappa shape index (κ2) is 13.9. The van der Waals surface area contributed by atoms with E-state index in [0.29, 0.717) is 0 Å². The number of hydrogen-bond acceptors (Lipinski definition) is 1. The molecule has 11 aromatic rings. The second-order valence-corrected chi connectivity index (χ2v) is 19.2. The summed E-state index contributed by atoms with van der Waals surface area (Å²) in [6.07, 6.45) is 0. The van der Waals surface area contributed by atoms with Crippen LogP contribution in [0.1, 0.15) is 49.9 Å². The van der Waals surface area contributed by atoms with Crippen LogP contribution in [0, 0.1) is 0 Å². The first-order valence-corrected chi connectivity index (χ1v) is 23.0. The standard InChI is InChI=1S/C64H47N/c1-63(2)56-26-13-11-22-50(56)52-34-32-43(38-58(52)63)65(44-33-35-53-51-23-12-14-27-57(51)64(3,4)59(53)39-44)60-37-36-55-49-21-8-7-19-47(49)48-20-9-10-24-54(48)62(55)61(60)42-30-28-41(29-31-42)46-25-15-17-40-16-5-6-18-45(40)46/h5-39H,1-4H3. The van der Waals surface area contributed by atoms with Crippen LogP contribution >= 0.6 is 0 Å². The summed E-state index contributed by atoms with van der Waals surface area (Å²) in [5.41, 5.74) is 18.8. The Morgan fingerprint density at radius 3 is 1.34 bits per heavy atom. The Morgan fingerprint density at radius 2 is 0.738 bits per heavy atom. The molecular weight excluding hydrogens is 783 g/mol. The molecule has 0 atom stereocenters. The maximum absolute atomic E-state index is 2.57. The lowest BCUT2D eigenvalue weighted by Crippen LogP contribution is -2.18. The maximum atomic E-state index is 2.57. The van der Waals surface area contributed by atoms with E-state index in [0.717, 1.165) is 17.1 Å². The number of fused-ring (bicyclic) bond motifs is 13. The van der Waals surface area contributed by atoms with E-state index in [1.54, 1.807) is 0 Å². The van der Waals surface area contributed by atoms with Gasteiger partial charge in [0, 0.05) is 33.2 Å². The van der Waals surface area contributed by atoms with Crippen LogP contribution in [0.3, 0.4) is 0 Å². The topological polar surface area (TPSA) is 3.24 Å². The van der Waals surface area contributed by atoms with Gasteiger partial charge < -0.3 is 4.90 Å². The van der Waals surface area contributed by atoms with Crippen LogP contribution < -0.4 is 4.90 Å². The van der Waals surface area contributed by atoms with Crippen molar-refractivity contribution < 1.29 is 0 Å². The number of rotatable bonds is 5. The third-order valence-electron chi connectivity index (χ3n) is 15.1. The summed E-state index contributed by atoms with van der Waals surface area (Å²) in [7, 11) is 0. The van der Waals surface area contributed by atoms with Gasteiger partial charge in [0.25, 0.3) is 0 Å². The molecule has 1 heteroatoms. The van der Waals surface area contributed by atoms with Gasteiger partial charge in [0.05, 0.1) is 5.69 Å². The zero-order valence-electron chi connectivity index (χ0n) is 37.2. The molecule has 0 heterocycles. The largest absolute Gasteiger partial charge is 0.310 e. The van der Waals surface area contributed by atoms with E-state index in [2.05, 4.69) is 245 Å². The van der Waals surface area contributed by atoms with Crippen LogP contribution in [0.25, 0.3) is 87.6 Å². The molecule has 0 radical (unpaired) electrons. The van der Waals surface area contributed by atoms with Gasteiger partial charge in [-0.2, -0.15) is 0 Å². The van der Waals surface area contributed by atoms with Crippen molar-refractivity contribution >= 4 is 60.2 Å². The van der Waals surface area contributed by atoms with Crippen LogP contribution in [-0.2, 0) is 10.8 Å². The monoisotopic (exact) mass is 829 g/mol. The summed E-state index contributed by atoms with van der Waals surface area (Å²) in [6, 6.07) is 79.9. The summed E-state index contributed by atoms with van der Waals surface area (Å²) in [5.74, 6) is 0. The Bertz CT molecular complexity index is 3620. The lowest BCUT2D eigenvalue weighted by molar-refractivity contribution is 0.660. The second-order valence-electron chi connectivity index (χ2n) is 19.2. The van der Waals surface area contributed by atoms with E-state index >= 15 is 0 Å². The zero-order valence-corrected chi connectivity index (χ0v) is 37.2. The summed E-state index contributed by atoms with van der Waals surface area (Å²) in [6.45, 7) is 9.54. The molecule has 0 N–H and O–H groups in total. The van der Waals surface area contributed by atoms with E-state index in [4.69, 9.17) is 0 Å². The SMILES string of the molecule is CC1(C)c2ccccc2-c2ccc(N(c3ccc4c(c3)C(C)(C)c3ccccc3-4)c3ccc4c5ccccc5c5ccccc5c4c3-c3ccc(-c4cccc5ccccc45)cc3)cc21. The number of hydrogen-bond donors (Lipinski definition) is 0. The molecule has 65 heavy (non-hydrogen) atoms. The summed E-state index contributed by atoms with van der Waals surface area (Å²) < 4.78 is 0. The fourth-order valence-corrected chi connectivity index (χ4v) is 11.8. The van der Waals surface area contributed by atoms with Gasteiger partial charge in [-0.25, -0.2) is 0 Å².